The normalized spacial score (nSPS) is 11.1. The lowest BCUT2D eigenvalue weighted by Crippen LogP contribution is -2.16. The summed E-state index contributed by atoms with van der Waals surface area (Å²) in [6.45, 7) is -0.0921. The van der Waals surface area contributed by atoms with Crippen molar-refractivity contribution in [3.63, 3.8) is 0 Å². The Labute approximate surface area is 66.5 Å². The lowest BCUT2D eigenvalue weighted by atomic mass is 10.6. The molecule has 0 aliphatic carbocycles. The molecule has 5 nitrogen and oxygen atoms in total. The summed E-state index contributed by atoms with van der Waals surface area (Å²) in [6.07, 6.45) is 0. The van der Waals surface area contributed by atoms with Gasteiger partial charge in [0.1, 0.15) is 0 Å². The van der Waals surface area contributed by atoms with Gasteiger partial charge in [-0.1, -0.05) is 5.92 Å². The number of esters is 1. The van der Waals surface area contributed by atoms with E-state index in [1.54, 1.807) is 0 Å². The lowest BCUT2D eigenvalue weighted by Gasteiger charge is -2.00. The summed E-state index contributed by atoms with van der Waals surface area (Å²) in [5.41, 5.74) is 0. The van der Waals surface area contributed by atoms with E-state index >= 15 is 0 Å². The summed E-state index contributed by atoms with van der Waals surface area (Å²) in [7, 11) is 1.19. The van der Waals surface area contributed by atoms with Crippen LogP contribution >= 0.6 is 0 Å². The van der Waals surface area contributed by atoms with Crippen LogP contribution < -0.4 is 4.72 Å². The average molecular weight is 176 g/mol. The second kappa shape index (κ2) is 5.85. The van der Waals surface area contributed by atoms with Crippen LogP contribution in [0.4, 0.5) is 0 Å². The molecule has 0 aromatic heterocycles. The predicted octanol–water partition coefficient (Wildman–Crippen LogP) is -1.45. The van der Waals surface area contributed by atoms with Crippen molar-refractivity contribution in [3.05, 3.63) is 0 Å². The van der Waals surface area contributed by atoms with Crippen molar-refractivity contribution in [2.75, 3.05) is 13.7 Å². The smallest absolute Gasteiger partial charge is 0.384 e. The molecule has 0 bridgehead atoms. The van der Waals surface area contributed by atoms with Crippen LogP contribution in [0.3, 0.4) is 0 Å². The minimum absolute atomic E-state index is 0.0921. The molecule has 0 rings (SSSR count). The zero-order valence-electron chi connectivity index (χ0n) is 5.75. The van der Waals surface area contributed by atoms with Crippen molar-refractivity contribution >= 4 is 17.2 Å². The highest BCUT2D eigenvalue weighted by molar-refractivity contribution is 7.77. The van der Waals surface area contributed by atoms with Crippen LogP contribution in [0.25, 0.3) is 0 Å². The summed E-state index contributed by atoms with van der Waals surface area (Å²) >= 11 is -2.34. The Balaban J connectivity index is 3.56. The minimum Gasteiger partial charge on any atom is -0.760 e. The second-order valence-corrected chi connectivity index (χ2v) is 2.11. The van der Waals surface area contributed by atoms with E-state index in [4.69, 9.17) is 0 Å². The fourth-order valence-corrected chi connectivity index (χ4v) is 0.452. The summed E-state index contributed by atoms with van der Waals surface area (Å²) in [6, 6.07) is 0. The zero-order chi connectivity index (χ0) is 8.69. The van der Waals surface area contributed by atoms with Gasteiger partial charge in [0.15, 0.2) is 0 Å². The number of nitrogens with one attached hydrogen (secondary N) is 1. The van der Waals surface area contributed by atoms with Gasteiger partial charge in [-0.3, -0.25) is 4.21 Å². The first-order chi connectivity index (χ1) is 5.16. The molecule has 6 heteroatoms. The van der Waals surface area contributed by atoms with E-state index in [0.717, 1.165) is 0 Å². The van der Waals surface area contributed by atoms with E-state index in [2.05, 4.69) is 10.7 Å². The second-order valence-electron chi connectivity index (χ2n) is 1.35. The van der Waals surface area contributed by atoms with Crippen LogP contribution in [0.2, 0.25) is 0 Å². The molecule has 0 aliphatic heterocycles. The molecule has 0 radical (unpaired) electrons. The largest absolute Gasteiger partial charge is 0.760 e. The lowest BCUT2D eigenvalue weighted by molar-refractivity contribution is -0.133. The number of hydrogen-bond donors (Lipinski definition) is 1. The zero-order valence-corrected chi connectivity index (χ0v) is 6.56. The molecule has 0 saturated heterocycles. The van der Waals surface area contributed by atoms with Gasteiger partial charge in [-0.05, 0) is 0 Å². The van der Waals surface area contributed by atoms with Crippen molar-refractivity contribution in [3.8, 4) is 11.8 Å². The molecule has 0 aromatic carbocycles. The molecule has 0 spiro atoms. The summed E-state index contributed by atoms with van der Waals surface area (Å²) in [5.74, 6) is 3.59. The van der Waals surface area contributed by atoms with Gasteiger partial charge in [-0.15, -0.1) is 0 Å². The highest BCUT2D eigenvalue weighted by Crippen LogP contribution is 1.67. The summed E-state index contributed by atoms with van der Waals surface area (Å²) < 4.78 is 25.8. The maximum Gasteiger partial charge on any atom is 0.384 e. The highest BCUT2D eigenvalue weighted by Gasteiger charge is 1.87. The van der Waals surface area contributed by atoms with Gasteiger partial charge in [0.2, 0.25) is 0 Å². The molecule has 11 heavy (non-hydrogen) atoms. The Bertz CT molecular complexity index is 216. The minimum atomic E-state index is -2.34. The molecule has 0 fully saturated rings. The fourth-order valence-electron chi connectivity index (χ4n) is 0.262. The fraction of sp³-hybridized carbons (Fsp3) is 0.400. The van der Waals surface area contributed by atoms with Gasteiger partial charge in [0.25, 0.3) is 0 Å². The van der Waals surface area contributed by atoms with Crippen LogP contribution in [-0.4, -0.2) is 28.4 Å². The monoisotopic (exact) mass is 176 g/mol. The number of hydrogen-bond acceptors (Lipinski definition) is 4. The first-order valence-electron chi connectivity index (χ1n) is 2.56. The molecule has 0 saturated carbocycles. The third-order valence-electron chi connectivity index (χ3n) is 0.654. The molecular formula is C5H6NO4S-. The van der Waals surface area contributed by atoms with Gasteiger partial charge < -0.3 is 9.29 Å². The quantitative estimate of drug-likeness (QED) is 0.241. The Morgan fingerprint density at radius 3 is 2.91 bits per heavy atom. The number of methoxy groups -OCH3 is 1. The van der Waals surface area contributed by atoms with Crippen LogP contribution in [0.15, 0.2) is 0 Å². The standard InChI is InChI=1S/C5H7NO4S/c1-10-5(7)3-2-4-6-11(8)9/h6H,4H2,1H3,(H,8,9)/p-1. The maximum absolute atomic E-state index is 10.3. The third kappa shape index (κ3) is 6.99. The summed E-state index contributed by atoms with van der Waals surface area (Å²) in [5, 5.41) is 0. The third-order valence-corrected chi connectivity index (χ3v) is 1.03. The molecule has 1 unspecified atom stereocenters. The SMILES string of the molecule is COC(=O)C#CCNS(=O)[O-]. The van der Waals surface area contributed by atoms with Crippen molar-refractivity contribution in [2.45, 2.75) is 0 Å². The molecule has 1 N–H and O–H groups in total. The predicted molar refractivity (Wildman–Crippen MR) is 36.7 cm³/mol. The van der Waals surface area contributed by atoms with Crippen LogP contribution in [0.1, 0.15) is 0 Å². The van der Waals surface area contributed by atoms with E-state index in [1.807, 2.05) is 10.6 Å². The molecule has 0 amide bonds. The Kier molecular flexibility index (Phi) is 5.37. The van der Waals surface area contributed by atoms with Gasteiger partial charge in [0.05, 0.1) is 13.7 Å². The van der Waals surface area contributed by atoms with Crippen molar-refractivity contribution in [1.29, 1.82) is 0 Å². The Morgan fingerprint density at radius 1 is 1.82 bits per heavy atom. The molecule has 1 atom stereocenters. The van der Waals surface area contributed by atoms with Crippen LogP contribution in [0, 0.1) is 11.8 Å². The Morgan fingerprint density at radius 2 is 2.45 bits per heavy atom. The van der Waals surface area contributed by atoms with Gasteiger partial charge >= 0.3 is 5.97 Å². The highest BCUT2D eigenvalue weighted by atomic mass is 32.2. The van der Waals surface area contributed by atoms with E-state index in [0.29, 0.717) is 0 Å². The number of carbonyl (C=O) groups is 1. The van der Waals surface area contributed by atoms with E-state index < -0.39 is 17.2 Å². The van der Waals surface area contributed by atoms with Crippen molar-refractivity contribution in [1.82, 2.24) is 4.72 Å². The van der Waals surface area contributed by atoms with E-state index in [1.165, 1.54) is 7.11 Å². The van der Waals surface area contributed by atoms with Crippen LogP contribution in [-0.2, 0) is 20.8 Å². The Hall–Kier alpha value is -0.900. The molecule has 62 valence electrons. The molecular weight excluding hydrogens is 170 g/mol. The van der Waals surface area contributed by atoms with Gasteiger partial charge in [-0.25, -0.2) is 9.52 Å². The number of carbonyl (C=O) groups excluding carboxylic acids is 1. The van der Waals surface area contributed by atoms with Crippen molar-refractivity contribution < 1.29 is 18.3 Å². The number of ether oxygens (including phenoxy) is 1. The van der Waals surface area contributed by atoms with Gasteiger partial charge in [0, 0.05) is 17.2 Å². The molecule has 0 heterocycles. The van der Waals surface area contributed by atoms with E-state index in [9.17, 15) is 13.6 Å². The van der Waals surface area contributed by atoms with Gasteiger partial charge in [-0.2, -0.15) is 0 Å². The average Bonchev–Trinajstić information content (AvgIpc) is 1.97. The first kappa shape index (κ1) is 10.1. The molecule has 0 aliphatic rings. The summed E-state index contributed by atoms with van der Waals surface area (Å²) in [4.78, 5) is 10.3. The topological polar surface area (TPSA) is 78.5 Å². The van der Waals surface area contributed by atoms with Crippen molar-refractivity contribution in [2.24, 2.45) is 0 Å². The molecule has 0 aromatic rings. The maximum atomic E-state index is 10.3. The van der Waals surface area contributed by atoms with E-state index in [-0.39, 0.29) is 6.54 Å². The first-order valence-corrected chi connectivity index (χ1v) is 3.64. The number of rotatable bonds is 2. The van der Waals surface area contributed by atoms with Crippen LogP contribution in [0.5, 0.6) is 0 Å².